The van der Waals surface area contributed by atoms with Crippen LogP contribution in [0.15, 0.2) is 72.8 Å². The number of Topliss-reactive ketones (excluding diaryl/α,β-unsaturated/α-hetero) is 1. The summed E-state index contributed by atoms with van der Waals surface area (Å²) in [6, 6.07) is 15.8. The van der Waals surface area contributed by atoms with E-state index in [1.165, 1.54) is 4.90 Å². The molecule has 3 rings (SSSR count). The van der Waals surface area contributed by atoms with E-state index in [0.29, 0.717) is 5.56 Å². The maximum Gasteiger partial charge on any atom is 0.295 e. The van der Waals surface area contributed by atoms with E-state index in [1.54, 1.807) is 30.3 Å². The molecule has 0 aromatic heterocycles. The molecular formula is C21H19NO3. The number of hydrogen-bond acceptors (Lipinski definition) is 3. The zero-order chi connectivity index (χ0) is 18.0. The molecule has 1 aliphatic heterocycles. The van der Waals surface area contributed by atoms with Crippen LogP contribution in [0.2, 0.25) is 0 Å². The van der Waals surface area contributed by atoms with Crippen molar-refractivity contribution in [2.24, 2.45) is 0 Å². The van der Waals surface area contributed by atoms with Gasteiger partial charge in [-0.05, 0) is 12.5 Å². The van der Waals surface area contributed by atoms with Crippen LogP contribution in [-0.4, -0.2) is 28.2 Å². The minimum absolute atomic E-state index is 0.113. The molecule has 1 N–H and O–H groups in total. The highest BCUT2D eigenvalue weighted by atomic mass is 16.3. The summed E-state index contributed by atoms with van der Waals surface area (Å²) < 4.78 is 0. The predicted octanol–water partition coefficient (Wildman–Crippen LogP) is 3.60. The van der Waals surface area contributed by atoms with E-state index < -0.39 is 17.7 Å². The molecule has 0 spiro atoms. The number of aliphatic hydroxyl groups is 1. The maximum atomic E-state index is 12.6. The molecule has 4 heteroatoms. The molecule has 0 unspecified atom stereocenters. The quantitative estimate of drug-likeness (QED) is 0.402. The lowest BCUT2D eigenvalue weighted by atomic mass is 9.95. The number of likely N-dealkylation sites (tertiary alicyclic amines) is 1. The minimum atomic E-state index is -0.672. The van der Waals surface area contributed by atoms with Crippen LogP contribution in [0, 0.1) is 6.92 Å². The van der Waals surface area contributed by atoms with E-state index in [0.717, 1.165) is 11.1 Å². The Hall–Kier alpha value is -3.14. The Morgan fingerprint density at radius 2 is 1.76 bits per heavy atom. The van der Waals surface area contributed by atoms with Gasteiger partial charge in [-0.2, -0.15) is 0 Å². The topological polar surface area (TPSA) is 57.6 Å². The highest BCUT2D eigenvalue weighted by molar-refractivity contribution is 6.46. The number of ketones is 1. The van der Waals surface area contributed by atoms with Crippen molar-refractivity contribution in [1.82, 2.24) is 4.90 Å². The standard InChI is InChI=1S/C21H19NO3/c1-3-13-22-18(15-11-9-14(2)10-12-15)17(20(24)21(22)25)19(23)16-7-5-4-6-8-16/h3-12,18,23H,1,13H2,2H3/b19-17+/t18-/m1/s1. The molecule has 1 saturated heterocycles. The van der Waals surface area contributed by atoms with Crippen molar-refractivity contribution in [3.8, 4) is 0 Å². The highest BCUT2D eigenvalue weighted by Crippen LogP contribution is 2.39. The summed E-state index contributed by atoms with van der Waals surface area (Å²) in [6.45, 7) is 5.87. The van der Waals surface area contributed by atoms with Crippen LogP contribution in [0.5, 0.6) is 0 Å². The number of aliphatic hydroxyl groups excluding tert-OH is 1. The number of hydrogen-bond donors (Lipinski definition) is 1. The largest absolute Gasteiger partial charge is 0.507 e. The number of nitrogens with zero attached hydrogens (tertiary/aromatic N) is 1. The van der Waals surface area contributed by atoms with E-state index in [2.05, 4.69) is 6.58 Å². The lowest BCUT2D eigenvalue weighted by molar-refractivity contribution is -0.139. The van der Waals surface area contributed by atoms with Crippen LogP contribution in [-0.2, 0) is 9.59 Å². The molecule has 2 aromatic rings. The summed E-state index contributed by atoms with van der Waals surface area (Å²) in [5.41, 5.74) is 2.48. The van der Waals surface area contributed by atoms with Gasteiger partial charge in [-0.25, -0.2) is 0 Å². The minimum Gasteiger partial charge on any atom is -0.507 e. The van der Waals surface area contributed by atoms with Crippen LogP contribution in [0.1, 0.15) is 22.7 Å². The first-order valence-electron chi connectivity index (χ1n) is 8.06. The number of benzene rings is 2. The number of carbonyl (C=O) groups is 2. The Kier molecular flexibility index (Phi) is 4.52. The second kappa shape index (κ2) is 6.77. The van der Waals surface area contributed by atoms with Gasteiger partial charge in [0.1, 0.15) is 5.76 Å². The van der Waals surface area contributed by atoms with Gasteiger partial charge >= 0.3 is 0 Å². The van der Waals surface area contributed by atoms with Gasteiger partial charge in [-0.1, -0.05) is 66.2 Å². The molecule has 1 aliphatic rings. The van der Waals surface area contributed by atoms with E-state index in [-0.39, 0.29) is 17.9 Å². The van der Waals surface area contributed by atoms with Gasteiger partial charge in [-0.3, -0.25) is 9.59 Å². The number of carbonyl (C=O) groups excluding carboxylic acids is 2. The Morgan fingerprint density at radius 3 is 2.36 bits per heavy atom. The highest BCUT2D eigenvalue weighted by Gasteiger charge is 2.45. The lowest BCUT2D eigenvalue weighted by Gasteiger charge is -2.24. The van der Waals surface area contributed by atoms with Crippen molar-refractivity contribution in [2.45, 2.75) is 13.0 Å². The van der Waals surface area contributed by atoms with Gasteiger partial charge < -0.3 is 10.0 Å². The molecule has 0 aliphatic carbocycles. The van der Waals surface area contributed by atoms with Crippen molar-refractivity contribution in [1.29, 1.82) is 0 Å². The summed E-state index contributed by atoms with van der Waals surface area (Å²) in [5, 5.41) is 10.7. The van der Waals surface area contributed by atoms with Gasteiger partial charge in [-0.15, -0.1) is 6.58 Å². The van der Waals surface area contributed by atoms with Crippen molar-refractivity contribution < 1.29 is 14.7 Å². The zero-order valence-electron chi connectivity index (χ0n) is 14.0. The number of aryl methyl sites for hydroxylation is 1. The third-order valence-corrected chi connectivity index (χ3v) is 4.31. The first-order chi connectivity index (χ1) is 12.0. The number of amides is 1. The van der Waals surface area contributed by atoms with Crippen LogP contribution < -0.4 is 0 Å². The first kappa shape index (κ1) is 16.7. The Bertz CT molecular complexity index is 850. The Balaban J connectivity index is 2.19. The van der Waals surface area contributed by atoms with E-state index in [4.69, 9.17) is 0 Å². The molecule has 0 radical (unpaired) electrons. The molecule has 0 saturated carbocycles. The first-order valence-corrected chi connectivity index (χ1v) is 8.06. The fraction of sp³-hybridized carbons (Fsp3) is 0.143. The summed E-state index contributed by atoms with van der Waals surface area (Å²) in [6.07, 6.45) is 1.58. The van der Waals surface area contributed by atoms with Gasteiger partial charge in [0.15, 0.2) is 0 Å². The van der Waals surface area contributed by atoms with E-state index in [9.17, 15) is 14.7 Å². The maximum absolute atomic E-state index is 12.6. The Morgan fingerprint density at radius 1 is 1.12 bits per heavy atom. The van der Waals surface area contributed by atoms with Crippen LogP contribution >= 0.6 is 0 Å². The third-order valence-electron chi connectivity index (χ3n) is 4.31. The van der Waals surface area contributed by atoms with Crippen LogP contribution in [0.3, 0.4) is 0 Å². The summed E-state index contributed by atoms with van der Waals surface area (Å²) in [5.74, 6) is -1.45. The van der Waals surface area contributed by atoms with Crippen molar-refractivity contribution in [2.75, 3.05) is 6.54 Å². The average Bonchev–Trinajstić information content (AvgIpc) is 2.88. The summed E-state index contributed by atoms with van der Waals surface area (Å²) >= 11 is 0. The molecule has 1 fully saturated rings. The third kappa shape index (κ3) is 2.98. The molecule has 1 heterocycles. The van der Waals surface area contributed by atoms with Gasteiger partial charge in [0, 0.05) is 12.1 Å². The second-order valence-corrected chi connectivity index (χ2v) is 6.02. The van der Waals surface area contributed by atoms with Crippen molar-refractivity contribution in [3.63, 3.8) is 0 Å². The van der Waals surface area contributed by atoms with Crippen LogP contribution in [0.4, 0.5) is 0 Å². The van der Waals surface area contributed by atoms with Crippen molar-refractivity contribution >= 4 is 17.4 Å². The fourth-order valence-corrected chi connectivity index (χ4v) is 3.05. The molecule has 126 valence electrons. The molecule has 1 amide bonds. The molecule has 25 heavy (non-hydrogen) atoms. The van der Waals surface area contributed by atoms with Gasteiger partial charge in [0.25, 0.3) is 11.7 Å². The van der Waals surface area contributed by atoms with Crippen molar-refractivity contribution in [3.05, 3.63) is 89.5 Å². The van der Waals surface area contributed by atoms with E-state index in [1.807, 2.05) is 37.3 Å². The average molecular weight is 333 g/mol. The summed E-state index contributed by atoms with van der Waals surface area (Å²) in [7, 11) is 0. The van der Waals surface area contributed by atoms with Gasteiger partial charge in [0.05, 0.1) is 11.6 Å². The van der Waals surface area contributed by atoms with E-state index >= 15 is 0 Å². The number of rotatable bonds is 4. The predicted molar refractivity (Wildman–Crippen MR) is 96.8 cm³/mol. The molecule has 2 aromatic carbocycles. The fourth-order valence-electron chi connectivity index (χ4n) is 3.05. The SMILES string of the molecule is C=CCN1C(=O)C(=O)/C(=C(/O)c2ccccc2)[C@H]1c1ccc(C)cc1. The lowest BCUT2D eigenvalue weighted by Crippen LogP contribution is -2.29. The summed E-state index contributed by atoms with van der Waals surface area (Å²) in [4.78, 5) is 26.5. The molecule has 4 nitrogen and oxygen atoms in total. The molecule has 0 bridgehead atoms. The van der Waals surface area contributed by atoms with Crippen LogP contribution in [0.25, 0.3) is 5.76 Å². The smallest absolute Gasteiger partial charge is 0.295 e. The normalized spacial score (nSPS) is 19.2. The Labute approximate surface area is 146 Å². The molecule has 1 atom stereocenters. The van der Waals surface area contributed by atoms with Gasteiger partial charge in [0.2, 0.25) is 0 Å². The zero-order valence-corrected chi connectivity index (χ0v) is 14.0. The monoisotopic (exact) mass is 333 g/mol. The molecular weight excluding hydrogens is 314 g/mol. The second-order valence-electron chi connectivity index (χ2n) is 6.02.